The fourth-order valence-electron chi connectivity index (χ4n) is 2.85. The number of nitrogens with zero attached hydrogens (tertiary/aromatic N) is 1. The lowest BCUT2D eigenvalue weighted by Gasteiger charge is -2.45. The number of amides is 1. The van der Waals surface area contributed by atoms with E-state index in [1.165, 1.54) is 19.3 Å². The molecule has 4 heteroatoms. The Bertz CT molecular complexity index is 230. The first-order valence-electron chi connectivity index (χ1n) is 6.01. The second-order valence-corrected chi connectivity index (χ2v) is 4.72. The summed E-state index contributed by atoms with van der Waals surface area (Å²) in [5, 5.41) is 3.31. The first-order valence-corrected chi connectivity index (χ1v) is 6.01. The van der Waals surface area contributed by atoms with Gasteiger partial charge in [-0.1, -0.05) is 6.42 Å². The molecule has 0 bridgehead atoms. The van der Waals surface area contributed by atoms with Gasteiger partial charge in [0.25, 0.3) is 0 Å². The zero-order valence-corrected chi connectivity index (χ0v) is 9.30. The molecule has 1 amide bonds. The fraction of sp³-hybridized carbons (Fsp3) is 0.909. The summed E-state index contributed by atoms with van der Waals surface area (Å²) in [6.45, 7) is 3.82. The number of piperidine rings is 2. The Labute approximate surface area is 91.2 Å². The molecule has 0 radical (unpaired) electrons. The summed E-state index contributed by atoms with van der Waals surface area (Å²) >= 11 is 0. The Morgan fingerprint density at radius 1 is 1.20 bits per heavy atom. The SMILES string of the molecule is NC(=O)C1(N2CCCCC2)CCCNC1. The molecule has 0 aromatic carbocycles. The van der Waals surface area contributed by atoms with E-state index in [1.807, 2.05) is 0 Å². The number of rotatable bonds is 2. The number of primary amides is 1. The molecule has 0 aromatic rings. The van der Waals surface area contributed by atoms with Gasteiger partial charge in [-0.05, 0) is 45.3 Å². The number of nitrogens with two attached hydrogens (primary N) is 1. The van der Waals surface area contributed by atoms with Gasteiger partial charge in [-0.15, -0.1) is 0 Å². The molecule has 0 aromatic heterocycles. The van der Waals surface area contributed by atoms with Crippen molar-refractivity contribution in [2.75, 3.05) is 26.2 Å². The minimum atomic E-state index is -0.390. The van der Waals surface area contributed by atoms with Crippen molar-refractivity contribution in [2.45, 2.75) is 37.6 Å². The zero-order chi connectivity index (χ0) is 10.7. The van der Waals surface area contributed by atoms with Crippen LogP contribution in [0.3, 0.4) is 0 Å². The Morgan fingerprint density at radius 2 is 1.93 bits per heavy atom. The number of carbonyl (C=O) groups excluding carboxylic acids is 1. The van der Waals surface area contributed by atoms with E-state index >= 15 is 0 Å². The third-order valence-electron chi connectivity index (χ3n) is 3.78. The van der Waals surface area contributed by atoms with Gasteiger partial charge >= 0.3 is 0 Å². The molecule has 2 fully saturated rings. The largest absolute Gasteiger partial charge is 0.368 e. The van der Waals surface area contributed by atoms with Gasteiger partial charge in [0.2, 0.25) is 5.91 Å². The van der Waals surface area contributed by atoms with E-state index < -0.39 is 5.54 Å². The third-order valence-corrected chi connectivity index (χ3v) is 3.78. The van der Waals surface area contributed by atoms with Gasteiger partial charge < -0.3 is 11.1 Å². The molecule has 4 nitrogen and oxygen atoms in total. The average molecular weight is 211 g/mol. The van der Waals surface area contributed by atoms with Crippen LogP contribution >= 0.6 is 0 Å². The second kappa shape index (κ2) is 4.49. The lowest BCUT2D eigenvalue weighted by molar-refractivity contribution is -0.132. The molecule has 86 valence electrons. The van der Waals surface area contributed by atoms with Crippen LogP contribution in [0.4, 0.5) is 0 Å². The summed E-state index contributed by atoms with van der Waals surface area (Å²) in [5.74, 6) is -0.142. The van der Waals surface area contributed by atoms with Crippen molar-refractivity contribution in [3.05, 3.63) is 0 Å². The van der Waals surface area contributed by atoms with Crippen molar-refractivity contribution < 1.29 is 4.79 Å². The minimum absolute atomic E-state index is 0.142. The highest BCUT2D eigenvalue weighted by Gasteiger charge is 2.43. The van der Waals surface area contributed by atoms with Crippen molar-refractivity contribution >= 4 is 5.91 Å². The van der Waals surface area contributed by atoms with Crippen LogP contribution in [0.2, 0.25) is 0 Å². The molecule has 2 heterocycles. The van der Waals surface area contributed by atoms with E-state index in [0.717, 1.165) is 39.0 Å². The molecule has 0 spiro atoms. The van der Waals surface area contributed by atoms with Gasteiger partial charge in [0.15, 0.2) is 0 Å². The van der Waals surface area contributed by atoms with E-state index in [-0.39, 0.29) is 5.91 Å². The maximum atomic E-state index is 11.7. The van der Waals surface area contributed by atoms with Crippen LogP contribution in [0.1, 0.15) is 32.1 Å². The summed E-state index contributed by atoms with van der Waals surface area (Å²) in [4.78, 5) is 14.0. The summed E-state index contributed by atoms with van der Waals surface area (Å²) in [6.07, 6.45) is 5.68. The molecular weight excluding hydrogens is 190 g/mol. The highest BCUT2D eigenvalue weighted by Crippen LogP contribution is 2.27. The van der Waals surface area contributed by atoms with Crippen LogP contribution in [0, 0.1) is 0 Å². The molecule has 2 aliphatic heterocycles. The Balaban J connectivity index is 2.12. The third kappa shape index (κ3) is 2.01. The first-order chi connectivity index (χ1) is 7.26. The van der Waals surface area contributed by atoms with Gasteiger partial charge in [-0.2, -0.15) is 0 Å². The highest BCUT2D eigenvalue weighted by atomic mass is 16.1. The summed E-state index contributed by atoms with van der Waals surface area (Å²) in [7, 11) is 0. The van der Waals surface area contributed by atoms with Crippen LogP contribution in [0.25, 0.3) is 0 Å². The number of hydrogen-bond acceptors (Lipinski definition) is 3. The van der Waals surface area contributed by atoms with Crippen LogP contribution < -0.4 is 11.1 Å². The van der Waals surface area contributed by atoms with Gasteiger partial charge in [0, 0.05) is 6.54 Å². The molecule has 15 heavy (non-hydrogen) atoms. The van der Waals surface area contributed by atoms with E-state index in [0.29, 0.717) is 0 Å². The molecular formula is C11H21N3O. The maximum Gasteiger partial charge on any atom is 0.239 e. The van der Waals surface area contributed by atoms with Crippen molar-refractivity contribution in [2.24, 2.45) is 5.73 Å². The van der Waals surface area contributed by atoms with Gasteiger partial charge in [0.1, 0.15) is 5.54 Å². The van der Waals surface area contributed by atoms with Crippen molar-refractivity contribution in [1.82, 2.24) is 10.2 Å². The Morgan fingerprint density at radius 3 is 2.47 bits per heavy atom. The van der Waals surface area contributed by atoms with E-state index in [2.05, 4.69) is 10.2 Å². The number of nitrogens with one attached hydrogen (secondary N) is 1. The normalized spacial score (nSPS) is 33.9. The summed E-state index contributed by atoms with van der Waals surface area (Å²) in [5.41, 5.74) is 5.22. The molecule has 0 aliphatic carbocycles. The highest BCUT2D eigenvalue weighted by molar-refractivity contribution is 5.85. The molecule has 3 N–H and O–H groups in total. The average Bonchev–Trinajstić information content (AvgIpc) is 2.31. The van der Waals surface area contributed by atoms with Crippen molar-refractivity contribution in [3.8, 4) is 0 Å². The van der Waals surface area contributed by atoms with Crippen molar-refractivity contribution in [1.29, 1.82) is 0 Å². The standard InChI is InChI=1S/C11H21N3O/c12-10(15)11(5-4-6-13-9-11)14-7-2-1-3-8-14/h13H,1-9H2,(H2,12,15). The van der Waals surface area contributed by atoms with Crippen LogP contribution in [0.15, 0.2) is 0 Å². The predicted molar refractivity (Wildman–Crippen MR) is 59.5 cm³/mol. The van der Waals surface area contributed by atoms with Gasteiger partial charge in [-0.25, -0.2) is 0 Å². The monoisotopic (exact) mass is 211 g/mol. The number of carbonyl (C=O) groups is 1. The maximum absolute atomic E-state index is 11.7. The smallest absolute Gasteiger partial charge is 0.239 e. The first kappa shape index (κ1) is 10.9. The topological polar surface area (TPSA) is 58.4 Å². The van der Waals surface area contributed by atoms with Gasteiger partial charge in [0.05, 0.1) is 0 Å². The second-order valence-electron chi connectivity index (χ2n) is 4.72. The molecule has 2 rings (SSSR count). The molecule has 1 atom stereocenters. The zero-order valence-electron chi connectivity index (χ0n) is 9.30. The van der Waals surface area contributed by atoms with E-state index in [4.69, 9.17) is 5.73 Å². The molecule has 2 aliphatic rings. The quantitative estimate of drug-likeness (QED) is 0.680. The lowest BCUT2D eigenvalue weighted by atomic mass is 9.86. The number of likely N-dealkylation sites (tertiary alicyclic amines) is 1. The Kier molecular flexibility index (Phi) is 3.26. The number of hydrogen-bond donors (Lipinski definition) is 2. The van der Waals surface area contributed by atoms with Gasteiger partial charge in [-0.3, -0.25) is 9.69 Å². The van der Waals surface area contributed by atoms with Crippen LogP contribution in [-0.2, 0) is 4.79 Å². The fourth-order valence-corrected chi connectivity index (χ4v) is 2.85. The van der Waals surface area contributed by atoms with E-state index in [1.54, 1.807) is 0 Å². The molecule has 2 saturated heterocycles. The van der Waals surface area contributed by atoms with Crippen LogP contribution in [0.5, 0.6) is 0 Å². The summed E-state index contributed by atoms with van der Waals surface area (Å²) in [6, 6.07) is 0. The minimum Gasteiger partial charge on any atom is -0.368 e. The molecule has 1 unspecified atom stereocenters. The molecule has 0 saturated carbocycles. The summed E-state index contributed by atoms with van der Waals surface area (Å²) < 4.78 is 0. The van der Waals surface area contributed by atoms with Crippen LogP contribution in [-0.4, -0.2) is 42.5 Å². The lowest BCUT2D eigenvalue weighted by Crippen LogP contribution is -2.65. The van der Waals surface area contributed by atoms with Crippen molar-refractivity contribution in [3.63, 3.8) is 0 Å². The predicted octanol–water partition coefficient (Wildman–Crippen LogP) is 0.0798. The Hall–Kier alpha value is -0.610. The van der Waals surface area contributed by atoms with E-state index in [9.17, 15) is 4.79 Å².